The molecule has 2 aromatic rings. The van der Waals surface area contributed by atoms with Gasteiger partial charge in [0.25, 0.3) is 5.91 Å². The molecule has 0 radical (unpaired) electrons. The average Bonchev–Trinajstić information content (AvgIpc) is 3.03. The highest BCUT2D eigenvalue weighted by Crippen LogP contribution is 2.31. The number of benzene rings is 2. The number of piperidine rings is 1. The van der Waals surface area contributed by atoms with E-state index >= 15 is 0 Å². The van der Waals surface area contributed by atoms with Crippen LogP contribution < -0.4 is 10.1 Å². The second kappa shape index (κ2) is 11.1. The predicted molar refractivity (Wildman–Crippen MR) is 138 cm³/mol. The van der Waals surface area contributed by atoms with Gasteiger partial charge in [0.15, 0.2) is 0 Å². The third kappa shape index (κ3) is 5.88. The number of anilines is 1. The largest absolute Gasteiger partial charge is 0.491 e. The van der Waals surface area contributed by atoms with Crippen molar-refractivity contribution >= 4 is 17.5 Å². The summed E-state index contributed by atoms with van der Waals surface area (Å²) in [6.07, 6.45) is 1.65. The Bertz CT molecular complexity index is 1150. The lowest BCUT2D eigenvalue weighted by Gasteiger charge is -2.32. The molecule has 1 saturated heterocycles. The molecular weight excluding hydrogens is 475 g/mol. The van der Waals surface area contributed by atoms with Crippen LogP contribution in [0.4, 0.5) is 10.1 Å². The quantitative estimate of drug-likeness (QED) is 0.621. The summed E-state index contributed by atoms with van der Waals surface area (Å²) < 4.78 is 20.6. The highest BCUT2D eigenvalue weighted by atomic mass is 19.1. The molecule has 0 saturated carbocycles. The predicted octanol–water partition coefficient (Wildman–Crippen LogP) is 2.50. The Morgan fingerprint density at radius 3 is 2.65 bits per heavy atom. The van der Waals surface area contributed by atoms with Gasteiger partial charge in [0.2, 0.25) is 5.91 Å². The van der Waals surface area contributed by atoms with E-state index in [9.17, 15) is 19.1 Å². The van der Waals surface area contributed by atoms with Gasteiger partial charge in [-0.2, -0.15) is 0 Å². The van der Waals surface area contributed by atoms with Gasteiger partial charge in [0, 0.05) is 58.3 Å². The summed E-state index contributed by atoms with van der Waals surface area (Å²) in [4.78, 5) is 30.6. The van der Waals surface area contributed by atoms with E-state index in [2.05, 4.69) is 28.4 Å². The standard InChI is InChI=1S/C28H35FN4O4/c1-19(34)32-10-7-22(8-11-32)30-26-14-24-27(15-25(26)29)37-13-12-33(28(24)36)18-23(35)17-31-9-6-20-4-2-3-5-21(20)16-31/h2-5,14-15,22-23,30,35H,6-13,16-18H2,1H3/t23-/m1/s1. The molecule has 9 heteroatoms. The zero-order valence-corrected chi connectivity index (χ0v) is 21.3. The van der Waals surface area contributed by atoms with Gasteiger partial charge in [-0.25, -0.2) is 4.39 Å². The lowest BCUT2D eigenvalue weighted by molar-refractivity contribution is -0.129. The van der Waals surface area contributed by atoms with Crippen molar-refractivity contribution in [2.75, 3.05) is 51.2 Å². The van der Waals surface area contributed by atoms with Gasteiger partial charge >= 0.3 is 0 Å². The van der Waals surface area contributed by atoms with Crippen molar-refractivity contribution in [2.45, 2.75) is 44.9 Å². The molecule has 0 aliphatic carbocycles. The number of carbonyl (C=O) groups excluding carboxylic acids is 2. The first-order chi connectivity index (χ1) is 17.9. The summed E-state index contributed by atoms with van der Waals surface area (Å²) in [5.74, 6) is -0.474. The maximum absolute atomic E-state index is 14.9. The number of hydrogen-bond acceptors (Lipinski definition) is 6. The number of likely N-dealkylation sites (tertiary alicyclic amines) is 1. The van der Waals surface area contributed by atoms with Crippen LogP contribution in [0.15, 0.2) is 36.4 Å². The minimum absolute atomic E-state index is 0.0116. The fourth-order valence-corrected chi connectivity index (χ4v) is 5.54. The maximum Gasteiger partial charge on any atom is 0.257 e. The van der Waals surface area contributed by atoms with Crippen LogP contribution in [0.5, 0.6) is 5.75 Å². The van der Waals surface area contributed by atoms with Crippen molar-refractivity contribution in [3.8, 4) is 5.75 Å². The fraction of sp³-hybridized carbons (Fsp3) is 0.500. The van der Waals surface area contributed by atoms with Gasteiger partial charge in [-0.3, -0.25) is 14.5 Å². The zero-order chi connectivity index (χ0) is 25.9. The first-order valence-corrected chi connectivity index (χ1v) is 13.1. The van der Waals surface area contributed by atoms with Gasteiger partial charge in [-0.05, 0) is 36.5 Å². The highest BCUT2D eigenvalue weighted by Gasteiger charge is 2.29. The lowest BCUT2D eigenvalue weighted by atomic mass is 10.00. The number of aliphatic hydroxyl groups excluding tert-OH is 1. The van der Waals surface area contributed by atoms with Gasteiger partial charge < -0.3 is 25.0 Å². The van der Waals surface area contributed by atoms with Crippen LogP contribution in [-0.4, -0.2) is 89.6 Å². The zero-order valence-electron chi connectivity index (χ0n) is 21.3. The summed E-state index contributed by atoms with van der Waals surface area (Å²) in [5, 5.41) is 14.1. The Balaban J connectivity index is 1.22. The number of carbonyl (C=O) groups is 2. The molecule has 3 aliphatic heterocycles. The van der Waals surface area contributed by atoms with E-state index in [-0.39, 0.29) is 42.4 Å². The van der Waals surface area contributed by atoms with E-state index in [0.717, 1.165) is 19.5 Å². The summed E-state index contributed by atoms with van der Waals surface area (Å²) in [5.41, 5.74) is 3.18. The van der Waals surface area contributed by atoms with E-state index in [1.54, 1.807) is 16.7 Å². The van der Waals surface area contributed by atoms with Crippen LogP contribution in [0, 0.1) is 5.82 Å². The third-order valence-corrected chi connectivity index (χ3v) is 7.62. The van der Waals surface area contributed by atoms with Crippen LogP contribution >= 0.6 is 0 Å². The molecule has 1 atom stereocenters. The van der Waals surface area contributed by atoms with Crippen molar-refractivity contribution in [1.82, 2.24) is 14.7 Å². The summed E-state index contributed by atoms with van der Waals surface area (Å²) >= 11 is 0. The van der Waals surface area contributed by atoms with Crippen molar-refractivity contribution in [3.63, 3.8) is 0 Å². The monoisotopic (exact) mass is 510 g/mol. The molecule has 3 heterocycles. The molecule has 2 N–H and O–H groups in total. The molecule has 8 nitrogen and oxygen atoms in total. The maximum atomic E-state index is 14.9. The molecule has 2 amide bonds. The van der Waals surface area contributed by atoms with Crippen LogP contribution in [-0.2, 0) is 17.8 Å². The van der Waals surface area contributed by atoms with E-state index < -0.39 is 11.9 Å². The van der Waals surface area contributed by atoms with Gasteiger partial charge in [-0.1, -0.05) is 24.3 Å². The van der Waals surface area contributed by atoms with Crippen molar-refractivity contribution in [2.24, 2.45) is 0 Å². The number of ether oxygens (including phenoxy) is 1. The Morgan fingerprint density at radius 1 is 1.14 bits per heavy atom. The molecule has 0 spiro atoms. The van der Waals surface area contributed by atoms with E-state index in [0.29, 0.717) is 44.6 Å². The first kappa shape index (κ1) is 25.5. The number of hydrogen-bond donors (Lipinski definition) is 2. The molecule has 2 aromatic carbocycles. The Morgan fingerprint density at radius 2 is 1.89 bits per heavy atom. The molecule has 0 aromatic heterocycles. The van der Waals surface area contributed by atoms with Crippen LogP contribution in [0.25, 0.3) is 0 Å². The Kier molecular flexibility index (Phi) is 7.62. The molecule has 198 valence electrons. The number of nitrogens with one attached hydrogen (secondary N) is 1. The molecule has 5 rings (SSSR count). The van der Waals surface area contributed by atoms with Gasteiger partial charge in [0.05, 0.1) is 23.9 Å². The van der Waals surface area contributed by atoms with Crippen molar-refractivity contribution in [3.05, 3.63) is 58.9 Å². The van der Waals surface area contributed by atoms with Crippen LogP contribution in [0.1, 0.15) is 41.3 Å². The molecule has 0 unspecified atom stereocenters. The molecule has 0 bridgehead atoms. The topological polar surface area (TPSA) is 85.3 Å². The number of halogens is 1. The Hall–Kier alpha value is -3.17. The van der Waals surface area contributed by atoms with Crippen molar-refractivity contribution in [1.29, 1.82) is 0 Å². The number of amides is 2. The Labute approximate surface area is 217 Å². The van der Waals surface area contributed by atoms with Gasteiger partial charge in [-0.15, -0.1) is 0 Å². The summed E-state index contributed by atoms with van der Waals surface area (Å²) in [6.45, 7) is 5.66. The second-order valence-electron chi connectivity index (χ2n) is 10.3. The average molecular weight is 511 g/mol. The second-order valence-corrected chi connectivity index (χ2v) is 10.3. The normalized spacial score (nSPS) is 19.5. The summed E-state index contributed by atoms with van der Waals surface area (Å²) in [7, 11) is 0. The third-order valence-electron chi connectivity index (χ3n) is 7.62. The van der Waals surface area contributed by atoms with E-state index in [1.165, 1.54) is 23.3 Å². The fourth-order valence-electron chi connectivity index (χ4n) is 5.54. The minimum atomic E-state index is -0.708. The van der Waals surface area contributed by atoms with Crippen LogP contribution in [0.2, 0.25) is 0 Å². The SMILES string of the molecule is CC(=O)N1CCC(Nc2cc3c(cc2F)OCCN(C[C@H](O)CN2CCc4ccccc4C2)C3=O)CC1. The molecule has 37 heavy (non-hydrogen) atoms. The number of nitrogens with zero attached hydrogens (tertiary/aromatic N) is 3. The molecular formula is C28H35FN4O4. The highest BCUT2D eigenvalue weighted by molar-refractivity contribution is 5.98. The van der Waals surface area contributed by atoms with E-state index in [1.807, 2.05) is 6.07 Å². The van der Waals surface area contributed by atoms with Crippen LogP contribution in [0.3, 0.4) is 0 Å². The smallest absolute Gasteiger partial charge is 0.257 e. The number of β-amino-alcohol motifs (C(OH)–C–C–N with tert-alkyl or cyclic N) is 1. The van der Waals surface area contributed by atoms with Crippen molar-refractivity contribution < 1.29 is 23.8 Å². The summed E-state index contributed by atoms with van der Waals surface area (Å²) in [6, 6.07) is 11.2. The number of aliphatic hydroxyl groups is 1. The first-order valence-electron chi connectivity index (χ1n) is 13.1. The molecule has 1 fully saturated rings. The number of fused-ring (bicyclic) bond motifs is 2. The minimum Gasteiger partial charge on any atom is -0.491 e. The number of rotatable bonds is 6. The lowest BCUT2D eigenvalue weighted by Crippen LogP contribution is -2.44. The van der Waals surface area contributed by atoms with E-state index in [4.69, 9.17) is 4.74 Å². The molecule has 3 aliphatic rings. The van der Waals surface area contributed by atoms with Gasteiger partial charge in [0.1, 0.15) is 18.2 Å².